The Hall–Kier alpha value is -1.79. The van der Waals surface area contributed by atoms with Gasteiger partial charge in [0.2, 0.25) is 5.91 Å². The molecule has 3 rings (SSSR count). The monoisotopic (exact) mass is 338 g/mol. The van der Waals surface area contributed by atoms with Crippen molar-refractivity contribution >= 4 is 29.3 Å². The van der Waals surface area contributed by atoms with E-state index in [1.54, 1.807) is 9.13 Å². The molecule has 2 N–H and O–H groups in total. The molecule has 6 nitrogen and oxygen atoms in total. The van der Waals surface area contributed by atoms with Crippen LogP contribution in [-0.2, 0) is 17.9 Å². The van der Waals surface area contributed by atoms with Crippen LogP contribution in [0.5, 0.6) is 0 Å². The van der Waals surface area contributed by atoms with Crippen molar-refractivity contribution in [2.75, 3.05) is 13.1 Å². The molecule has 1 fully saturated rings. The van der Waals surface area contributed by atoms with Crippen LogP contribution in [0.4, 0.5) is 0 Å². The highest BCUT2D eigenvalue weighted by Gasteiger charge is 2.18. The normalized spacial score (nSPS) is 17.7. The Labute approximate surface area is 141 Å². The predicted molar refractivity (Wildman–Crippen MR) is 93.2 cm³/mol. The van der Waals surface area contributed by atoms with Crippen LogP contribution in [0.3, 0.4) is 0 Å². The van der Waals surface area contributed by atoms with Crippen LogP contribution < -0.4 is 16.3 Å². The van der Waals surface area contributed by atoms with Crippen LogP contribution in [-0.4, -0.2) is 34.2 Å². The minimum absolute atomic E-state index is 0. The fraction of sp³-hybridized carbons (Fsp3) is 0.500. The summed E-state index contributed by atoms with van der Waals surface area (Å²) in [5, 5.41) is 6.29. The second-order valence-electron chi connectivity index (χ2n) is 5.71. The lowest BCUT2D eigenvalue weighted by atomic mass is 10.1. The number of aromatic nitrogens is 2. The molecule has 1 aromatic carbocycles. The number of amides is 1. The number of carbonyl (C=O) groups is 1. The van der Waals surface area contributed by atoms with Crippen molar-refractivity contribution in [3.8, 4) is 0 Å². The van der Waals surface area contributed by atoms with E-state index in [0.717, 1.165) is 37.0 Å². The van der Waals surface area contributed by atoms with Gasteiger partial charge in [0.25, 0.3) is 0 Å². The number of hydrogen-bond donors (Lipinski definition) is 2. The van der Waals surface area contributed by atoms with Crippen LogP contribution in [0, 0.1) is 0 Å². The maximum atomic E-state index is 12.5. The van der Waals surface area contributed by atoms with Gasteiger partial charge in [0.05, 0.1) is 11.0 Å². The number of imidazole rings is 1. The molecule has 1 amide bonds. The van der Waals surface area contributed by atoms with Gasteiger partial charge in [0, 0.05) is 19.1 Å². The number of hydrogen-bond acceptors (Lipinski definition) is 3. The van der Waals surface area contributed by atoms with Crippen molar-refractivity contribution in [1.29, 1.82) is 0 Å². The van der Waals surface area contributed by atoms with Crippen molar-refractivity contribution in [2.45, 2.75) is 38.9 Å². The van der Waals surface area contributed by atoms with Gasteiger partial charge in [-0.05, 0) is 38.4 Å². The lowest BCUT2D eigenvalue weighted by molar-refractivity contribution is -0.122. The van der Waals surface area contributed by atoms with Gasteiger partial charge in [0.15, 0.2) is 0 Å². The first-order valence-electron chi connectivity index (χ1n) is 7.89. The molecule has 0 unspecified atom stereocenters. The Morgan fingerprint density at radius 1 is 1.30 bits per heavy atom. The first-order chi connectivity index (χ1) is 10.7. The number of rotatable bonds is 4. The van der Waals surface area contributed by atoms with E-state index in [1.165, 1.54) is 0 Å². The van der Waals surface area contributed by atoms with Crippen molar-refractivity contribution in [2.24, 2.45) is 0 Å². The van der Waals surface area contributed by atoms with Gasteiger partial charge < -0.3 is 10.6 Å². The summed E-state index contributed by atoms with van der Waals surface area (Å²) in [4.78, 5) is 24.7. The fourth-order valence-electron chi connectivity index (χ4n) is 3.12. The lowest BCUT2D eigenvalue weighted by Gasteiger charge is -2.23. The minimum atomic E-state index is -0.124. The number of halogens is 1. The van der Waals surface area contributed by atoms with Crippen LogP contribution in [0.25, 0.3) is 11.0 Å². The highest BCUT2D eigenvalue weighted by Crippen LogP contribution is 2.12. The van der Waals surface area contributed by atoms with Gasteiger partial charge >= 0.3 is 5.69 Å². The molecule has 1 aliphatic rings. The molecule has 2 heterocycles. The van der Waals surface area contributed by atoms with Crippen molar-refractivity contribution in [3.63, 3.8) is 0 Å². The molecular weight excluding hydrogens is 316 g/mol. The third kappa shape index (κ3) is 3.59. The maximum absolute atomic E-state index is 12.5. The number of nitrogens with one attached hydrogen (secondary N) is 2. The van der Waals surface area contributed by atoms with Gasteiger partial charge in [0.1, 0.15) is 6.54 Å². The van der Waals surface area contributed by atoms with Crippen LogP contribution in [0.1, 0.15) is 19.8 Å². The number of para-hydroxylation sites is 2. The Morgan fingerprint density at radius 3 is 2.61 bits per heavy atom. The van der Waals surface area contributed by atoms with Gasteiger partial charge in [-0.25, -0.2) is 4.79 Å². The fourth-order valence-corrected chi connectivity index (χ4v) is 3.12. The molecule has 126 valence electrons. The van der Waals surface area contributed by atoms with Gasteiger partial charge in [-0.1, -0.05) is 12.1 Å². The molecule has 0 radical (unpaired) electrons. The quantitative estimate of drug-likeness (QED) is 0.877. The first kappa shape index (κ1) is 17.6. The first-order valence-corrected chi connectivity index (χ1v) is 7.89. The molecule has 1 aliphatic heterocycles. The van der Waals surface area contributed by atoms with E-state index in [9.17, 15) is 9.59 Å². The van der Waals surface area contributed by atoms with E-state index in [-0.39, 0.29) is 36.6 Å². The molecular formula is C16H23ClN4O2. The molecule has 2 aromatic rings. The summed E-state index contributed by atoms with van der Waals surface area (Å²) in [6.07, 6.45) is 2.06. The summed E-state index contributed by atoms with van der Waals surface area (Å²) in [5.41, 5.74) is 1.56. The molecule has 0 saturated carbocycles. The standard InChI is InChI=1S/C16H22N4O2.ClH/c1-2-19-13-7-3-4-8-14(13)20(16(19)22)11-15(21)18-12-6-5-9-17-10-12;/h3-4,7-8,12,17H,2,5-6,9-11H2,1H3,(H,18,21);1H/t12-;/m0./s1. The topological polar surface area (TPSA) is 68.1 Å². The third-order valence-corrected chi connectivity index (χ3v) is 4.21. The third-order valence-electron chi connectivity index (χ3n) is 4.21. The summed E-state index contributed by atoms with van der Waals surface area (Å²) in [6.45, 7) is 4.42. The van der Waals surface area contributed by atoms with E-state index in [0.29, 0.717) is 6.54 Å². The Kier molecular flexibility index (Phi) is 5.85. The molecule has 0 spiro atoms. The summed E-state index contributed by atoms with van der Waals surface area (Å²) >= 11 is 0. The molecule has 7 heteroatoms. The number of nitrogens with zero attached hydrogens (tertiary/aromatic N) is 2. The summed E-state index contributed by atoms with van der Waals surface area (Å²) < 4.78 is 3.26. The van der Waals surface area contributed by atoms with Crippen molar-refractivity contribution < 1.29 is 4.79 Å². The van der Waals surface area contributed by atoms with E-state index < -0.39 is 0 Å². The largest absolute Gasteiger partial charge is 0.351 e. The van der Waals surface area contributed by atoms with Gasteiger partial charge in [-0.15, -0.1) is 12.4 Å². The number of carbonyl (C=O) groups excluding carboxylic acids is 1. The predicted octanol–water partition coefficient (Wildman–Crippen LogP) is 1.11. The second-order valence-corrected chi connectivity index (χ2v) is 5.71. The van der Waals surface area contributed by atoms with Gasteiger partial charge in [-0.2, -0.15) is 0 Å². The Balaban J connectivity index is 0.00000192. The van der Waals surface area contributed by atoms with Crippen LogP contribution >= 0.6 is 12.4 Å². The van der Waals surface area contributed by atoms with E-state index in [1.807, 2.05) is 31.2 Å². The van der Waals surface area contributed by atoms with E-state index >= 15 is 0 Å². The zero-order chi connectivity index (χ0) is 15.5. The lowest BCUT2D eigenvalue weighted by Crippen LogP contribution is -2.47. The van der Waals surface area contributed by atoms with E-state index in [2.05, 4.69) is 10.6 Å². The second kappa shape index (κ2) is 7.66. The molecule has 1 atom stereocenters. The molecule has 23 heavy (non-hydrogen) atoms. The van der Waals surface area contributed by atoms with Crippen LogP contribution in [0.2, 0.25) is 0 Å². The zero-order valence-electron chi connectivity index (χ0n) is 13.2. The average molecular weight is 339 g/mol. The molecule has 0 aliphatic carbocycles. The summed E-state index contributed by atoms with van der Waals surface area (Å²) in [6, 6.07) is 7.77. The Bertz CT molecular complexity index is 731. The smallest absolute Gasteiger partial charge is 0.329 e. The SMILES string of the molecule is CCn1c(=O)n(CC(=O)N[C@H]2CCCNC2)c2ccccc21.Cl. The van der Waals surface area contributed by atoms with Crippen molar-refractivity contribution in [1.82, 2.24) is 19.8 Å². The molecule has 0 bridgehead atoms. The van der Waals surface area contributed by atoms with Gasteiger partial charge in [-0.3, -0.25) is 13.9 Å². The average Bonchev–Trinajstić information content (AvgIpc) is 2.80. The summed E-state index contributed by atoms with van der Waals surface area (Å²) in [7, 11) is 0. The minimum Gasteiger partial charge on any atom is -0.351 e. The number of piperidine rings is 1. The van der Waals surface area contributed by atoms with Crippen LogP contribution in [0.15, 0.2) is 29.1 Å². The van der Waals surface area contributed by atoms with Crippen molar-refractivity contribution in [3.05, 3.63) is 34.7 Å². The highest BCUT2D eigenvalue weighted by molar-refractivity contribution is 5.85. The number of benzene rings is 1. The number of aryl methyl sites for hydroxylation is 1. The Morgan fingerprint density at radius 2 is 2.00 bits per heavy atom. The summed E-state index contributed by atoms with van der Waals surface area (Å²) in [5.74, 6) is -0.102. The highest BCUT2D eigenvalue weighted by atomic mass is 35.5. The molecule has 1 saturated heterocycles. The molecule has 1 aromatic heterocycles. The maximum Gasteiger partial charge on any atom is 0.329 e. The van der Waals surface area contributed by atoms with E-state index in [4.69, 9.17) is 0 Å². The number of fused-ring (bicyclic) bond motifs is 1. The zero-order valence-corrected chi connectivity index (χ0v) is 14.1.